The Balaban J connectivity index is 1.53. The highest BCUT2D eigenvalue weighted by Gasteiger charge is 2.29. The fourth-order valence-electron chi connectivity index (χ4n) is 2.69. The molecule has 1 N–H and O–H groups in total. The average Bonchev–Trinajstić information content (AvgIpc) is 3.26. The van der Waals surface area contributed by atoms with Gasteiger partial charge in [-0.2, -0.15) is 10.2 Å². The molecule has 25 heavy (non-hydrogen) atoms. The Morgan fingerprint density at radius 1 is 1.44 bits per heavy atom. The number of ether oxygens (including phenoxy) is 1. The molecule has 1 amide bonds. The summed E-state index contributed by atoms with van der Waals surface area (Å²) in [5, 5.41) is 11.3. The highest BCUT2D eigenvalue weighted by Crippen LogP contribution is 2.23. The van der Waals surface area contributed by atoms with Gasteiger partial charge in [-0.05, 0) is 6.42 Å². The second kappa shape index (κ2) is 7.30. The van der Waals surface area contributed by atoms with E-state index >= 15 is 0 Å². The van der Waals surface area contributed by atoms with Crippen LogP contribution in [0.2, 0.25) is 0 Å². The van der Waals surface area contributed by atoms with Crippen molar-refractivity contribution >= 4 is 5.91 Å². The maximum Gasteiger partial charge on any atom is 0.222 e. The van der Waals surface area contributed by atoms with Crippen LogP contribution in [0.1, 0.15) is 51.4 Å². The van der Waals surface area contributed by atoms with Crippen molar-refractivity contribution in [2.45, 2.75) is 51.7 Å². The second-order valence-corrected chi connectivity index (χ2v) is 7.26. The van der Waals surface area contributed by atoms with Crippen LogP contribution in [0.15, 0.2) is 12.7 Å². The zero-order valence-electron chi connectivity index (χ0n) is 15.0. The molecule has 1 saturated heterocycles. The summed E-state index contributed by atoms with van der Waals surface area (Å²) in [6.07, 6.45) is 4.12. The average molecular weight is 347 g/mol. The predicted octanol–water partition coefficient (Wildman–Crippen LogP) is 1.07. The molecule has 3 heterocycles. The van der Waals surface area contributed by atoms with E-state index in [4.69, 9.17) is 4.74 Å². The summed E-state index contributed by atoms with van der Waals surface area (Å²) < 4.78 is 7.52. The normalized spacial score (nSPS) is 18.5. The fraction of sp³-hybridized carbons (Fsp3) is 0.688. The molecule has 1 atom stereocenters. The molecule has 1 fully saturated rings. The van der Waals surface area contributed by atoms with Crippen LogP contribution in [0.25, 0.3) is 0 Å². The second-order valence-electron chi connectivity index (χ2n) is 7.26. The van der Waals surface area contributed by atoms with Gasteiger partial charge in [0.25, 0.3) is 0 Å². The molecule has 0 bridgehead atoms. The van der Waals surface area contributed by atoms with E-state index in [1.165, 1.54) is 6.33 Å². The number of nitrogens with one attached hydrogen (secondary N) is 1. The first-order chi connectivity index (χ1) is 11.9. The van der Waals surface area contributed by atoms with Crippen LogP contribution in [0.3, 0.4) is 0 Å². The Morgan fingerprint density at radius 3 is 2.96 bits per heavy atom. The van der Waals surface area contributed by atoms with Gasteiger partial charge in [0.05, 0.1) is 13.2 Å². The summed E-state index contributed by atoms with van der Waals surface area (Å²) in [5.41, 5.74) is -0.125. The smallest absolute Gasteiger partial charge is 0.222 e. The van der Waals surface area contributed by atoms with Crippen LogP contribution in [0.5, 0.6) is 0 Å². The van der Waals surface area contributed by atoms with Crippen molar-refractivity contribution in [3.63, 3.8) is 0 Å². The molecule has 0 aliphatic carbocycles. The molecule has 2 aromatic heterocycles. The number of aryl methyl sites for hydroxylation is 1. The lowest BCUT2D eigenvalue weighted by Crippen LogP contribution is -2.42. The third-order valence-electron chi connectivity index (χ3n) is 4.14. The number of carbonyl (C=O) groups excluding carboxylic acids is 1. The van der Waals surface area contributed by atoms with Gasteiger partial charge in [-0.1, -0.05) is 20.8 Å². The van der Waals surface area contributed by atoms with Gasteiger partial charge in [0.2, 0.25) is 5.91 Å². The van der Waals surface area contributed by atoms with Crippen molar-refractivity contribution in [1.82, 2.24) is 34.8 Å². The number of carbonyl (C=O) groups is 1. The predicted molar refractivity (Wildman–Crippen MR) is 89.6 cm³/mol. The monoisotopic (exact) mass is 347 g/mol. The molecule has 1 aliphatic rings. The molecule has 0 aromatic carbocycles. The summed E-state index contributed by atoms with van der Waals surface area (Å²) in [6, 6.07) is 0. The molecular formula is C16H25N7O2. The van der Waals surface area contributed by atoms with Gasteiger partial charge in [0.15, 0.2) is 11.6 Å². The molecule has 1 aliphatic heterocycles. The van der Waals surface area contributed by atoms with Gasteiger partial charge >= 0.3 is 0 Å². The minimum absolute atomic E-state index is 0.125. The molecule has 1 unspecified atom stereocenters. The summed E-state index contributed by atoms with van der Waals surface area (Å²) in [7, 11) is 0. The van der Waals surface area contributed by atoms with E-state index in [2.05, 4.69) is 46.0 Å². The van der Waals surface area contributed by atoms with E-state index in [0.717, 1.165) is 12.2 Å². The molecule has 0 radical (unpaired) electrons. The Kier molecular flexibility index (Phi) is 5.12. The first-order valence-corrected chi connectivity index (χ1v) is 8.58. The highest BCUT2D eigenvalue weighted by atomic mass is 16.5. The lowest BCUT2D eigenvalue weighted by Gasteiger charge is -2.32. The van der Waals surface area contributed by atoms with Gasteiger partial charge in [-0.25, -0.2) is 9.97 Å². The molecular weight excluding hydrogens is 322 g/mol. The van der Waals surface area contributed by atoms with E-state index in [0.29, 0.717) is 38.5 Å². The van der Waals surface area contributed by atoms with Crippen LogP contribution < -0.4 is 0 Å². The minimum atomic E-state index is -0.253. The van der Waals surface area contributed by atoms with Crippen molar-refractivity contribution < 1.29 is 9.53 Å². The fourth-order valence-corrected chi connectivity index (χ4v) is 2.69. The number of morpholine rings is 1. The SMILES string of the molecule is CC(C)(C)c1n[nH]c(C2CN(C(=O)CCCn3cncn3)CCO2)n1. The van der Waals surface area contributed by atoms with E-state index < -0.39 is 0 Å². The van der Waals surface area contributed by atoms with Crippen molar-refractivity contribution in [3.05, 3.63) is 24.3 Å². The number of aromatic amines is 1. The number of hydrogen-bond donors (Lipinski definition) is 1. The van der Waals surface area contributed by atoms with Crippen molar-refractivity contribution in [2.75, 3.05) is 19.7 Å². The lowest BCUT2D eigenvalue weighted by molar-refractivity contribution is -0.139. The molecule has 0 saturated carbocycles. The number of nitrogens with zero attached hydrogens (tertiary/aromatic N) is 6. The van der Waals surface area contributed by atoms with Gasteiger partial charge in [-0.15, -0.1) is 0 Å². The number of H-pyrrole nitrogens is 1. The largest absolute Gasteiger partial charge is 0.367 e. The quantitative estimate of drug-likeness (QED) is 0.868. The topological polar surface area (TPSA) is 102 Å². The molecule has 2 aromatic rings. The van der Waals surface area contributed by atoms with Crippen LogP contribution in [0, 0.1) is 0 Å². The van der Waals surface area contributed by atoms with Crippen LogP contribution in [-0.4, -0.2) is 60.4 Å². The van der Waals surface area contributed by atoms with Gasteiger partial charge in [0.1, 0.15) is 18.8 Å². The van der Waals surface area contributed by atoms with Gasteiger partial charge in [0, 0.05) is 24.9 Å². The number of aromatic nitrogens is 6. The molecule has 9 nitrogen and oxygen atoms in total. The summed E-state index contributed by atoms with van der Waals surface area (Å²) >= 11 is 0. The maximum absolute atomic E-state index is 12.4. The van der Waals surface area contributed by atoms with Crippen molar-refractivity contribution in [2.24, 2.45) is 0 Å². The maximum atomic E-state index is 12.4. The Morgan fingerprint density at radius 2 is 2.28 bits per heavy atom. The van der Waals surface area contributed by atoms with Crippen LogP contribution in [-0.2, 0) is 21.5 Å². The van der Waals surface area contributed by atoms with Crippen molar-refractivity contribution in [3.8, 4) is 0 Å². The third kappa shape index (κ3) is 4.41. The zero-order chi connectivity index (χ0) is 17.9. The van der Waals surface area contributed by atoms with Crippen LogP contribution in [0.4, 0.5) is 0 Å². The highest BCUT2D eigenvalue weighted by molar-refractivity contribution is 5.76. The minimum Gasteiger partial charge on any atom is -0.367 e. The van der Waals surface area contributed by atoms with E-state index in [1.807, 2.05) is 4.90 Å². The summed E-state index contributed by atoms with van der Waals surface area (Å²) in [6.45, 7) is 8.49. The van der Waals surface area contributed by atoms with E-state index in [1.54, 1.807) is 11.0 Å². The van der Waals surface area contributed by atoms with Crippen molar-refractivity contribution in [1.29, 1.82) is 0 Å². The van der Waals surface area contributed by atoms with Gasteiger partial charge in [-0.3, -0.25) is 14.6 Å². The zero-order valence-corrected chi connectivity index (χ0v) is 15.0. The number of amides is 1. The molecule has 0 spiro atoms. The first-order valence-electron chi connectivity index (χ1n) is 8.58. The Hall–Kier alpha value is -2.29. The van der Waals surface area contributed by atoms with Crippen LogP contribution >= 0.6 is 0 Å². The standard InChI is InChI=1S/C16H25N7O2/c1-16(2,3)15-19-14(20-21-15)12-9-22(7-8-25-12)13(24)5-4-6-23-11-17-10-18-23/h10-12H,4-9H2,1-3H3,(H,19,20,21). The van der Waals surface area contributed by atoms with Gasteiger partial charge < -0.3 is 9.64 Å². The van der Waals surface area contributed by atoms with E-state index in [-0.39, 0.29) is 17.4 Å². The number of rotatable bonds is 5. The first kappa shape index (κ1) is 17.5. The summed E-state index contributed by atoms with van der Waals surface area (Å²) in [5.74, 6) is 1.57. The molecule has 3 rings (SSSR count). The lowest BCUT2D eigenvalue weighted by atomic mass is 9.96. The molecule has 9 heteroatoms. The Labute approximate surface area is 146 Å². The molecule has 136 valence electrons. The Bertz CT molecular complexity index is 690. The number of hydrogen-bond acceptors (Lipinski definition) is 6. The summed E-state index contributed by atoms with van der Waals surface area (Å²) in [4.78, 5) is 22.7. The third-order valence-corrected chi connectivity index (χ3v) is 4.14. The van der Waals surface area contributed by atoms with E-state index in [9.17, 15) is 4.79 Å².